The summed E-state index contributed by atoms with van der Waals surface area (Å²) in [7, 11) is 0. The summed E-state index contributed by atoms with van der Waals surface area (Å²) in [6.45, 7) is 0. The van der Waals surface area contributed by atoms with E-state index in [9.17, 15) is 4.79 Å². The lowest BCUT2D eigenvalue weighted by atomic mass is 10.2. The quantitative estimate of drug-likeness (QED) is 0.495. The zero-order chi connectivity index (χ0) is 18.1. The lowest BCUT2D eigenvalue weighted by Crippen LogP contribution is -2.09. The third-order valence-corrected chi connectivity index (χ3v) is 4.59. The second-order valence-electron chi connectivity index (χ2n) is 5.64. The number of para-hydroxylation sites is 1. The van der Waals surface area contributed by atoms with Crippen LogP contribution in [-0.4, -0.2) is 9.97 Å². The molecule has 0 radical (unpaired) electrons. The van der Waals surface area contributed by atoms with E-state index in [4.69, 9.17) is 27.9 Å². The third-order valence-electron chi connectivity index (χ3n) is 3.85. The van der Waals surface area contributed by atoms with Crippen LogP contribution in [-0.2, 0) is 0 Å². The van der Waals surface area contributed by atoms with Crippen LogP contribution in [0.15, 0.2) is 71.5 Å². The van der Waals surface area contributed by atoms with Gasteiger partial charge in [0.2, 0.25) is 0 Å². The summed E-state index contributed by atoms with van der Waals surface area (Å²) in [6.07, 6.45) is 0. The standard InChI is InChI=1S/C20H12Cl2N2O2/c21-16-9-8-14(11-17(16)22)26-13-5-3-4-12(10-13)19-23-18-7-2-1-6-15(18)20(25)24-19/h1-11H,(H,23,24,25). The van der Waals surface area contributed by atoms with Crippen LogP contribution in [0.25, 0.3) is 22.3 Å². The van der Waals surface area contributed by atoms with Crippen molar-refractivity contribution >= 4 is 34.1 Å². The first-order chi connectivity index (χ1) is 12.6. The maximum atomic E-state index is 12.3. The fourth-order valence-electron chi connectivity index (χ4n) is 2.61. The van der Waals surface area contributed by atoms with Crippen molar-refractivity contribution in [1.82, 2.24) is 9.97 Å². The summed E-state index contributed by atoms with van der Waals surface area (Å²) in [5.41, 5.74) is 1.20. The van der Waals surface area contributed by atoms with E-state index < -0.39 is 0 Å². The van der Waals surface area contributed by atoms with Crippen LogP contribution in [0.5, 0.6) is 11.5 Å². The molecule has 4 nitrogen and oxygen atoms in total. The third kappa shape index (κ3) is 3.29. The molecule has 128 valence electrons. The molecule has 26 heavy (non-hydrogen) atoms. The van der Waals surface area contributed by atoms with Crippen LogP contribution in [0.3, 0.4) is 0 Å². The molecule has 4 aromatic rings. The number of hydrogen-bond acceptors (Lipinski definition) is 3. The first-order valence-electron chi connectivity index (χ1n) is 7.82. The highest BCUT2D eigenvalue weighted by molar-refractivity contribution is 6.42. The summed E-state index contributed by atoms with van der Waals surface area (Å²) in [5, 5.41) is 1.44. The van der Waals surface area contributed by atoms with Crippen molar-refractivity contribution in [3.8, 4) is 22.9 Å². The van der Waals surface area contributed by atoms with E-state index in [1.54, 1.807) is 30.3 Å². The zero-order valence-electron chi connectivity index (χ0n) is 13.4. The lowest BCUT2D eigenvalue weighted by Gasteiger charge is -2.09. The summed E-state index contributed by atoms with van der Waals surface area (Å²) in [5.74, 6) is 1.64. The molecular weight excluding hydrogens is 371 g/mol. The monoisotopic (exact) mass is 382 g/mol. The Hall–Kier alpha value is -2.82. The lowest BCUT2D eigenvalue weighted by molar-refractivity contribution is 0.483. The number of nitrogens with one attached hydrogen (secondary N) is 1. The molecule has 0 spiro atoms. The van der Waals surface area contributed by atoms with Gasteiger partial charge < -0.3 is 9.72 Å². The Bertz CT molecular complexity index is 1170. The van der Waals surface area contributed by atoms with Gasteiger partial charge in [-0.15, -0.1) is 0 Å². The summed E-state index contributed by atoms with van der Waals surface area (Å²) >= 11 is 11.9. The number of H-pyrrole nitrogens is 1. The molecule has 4 rings (SSSR count). The molecule has 0 amide bonds. The van der Waals surface area contributed by atoms with E-state index in [0.29, 0.717) is 38.3 Å². The van der Waals surface area contributed by atoms with Crippen molar-refractivity contribution in [2.45, 2.75) is 0 Å². The highest BCUT2D eigenvalue weighted by Crippen LogP contribution is 2.30. The molecule has 0 atom stereocenters. The van der Waals surface area contributed by atoms with E-state index in [1.165, 1.54) is 0 Å². The van der Waals surface area contributed by atoms with Crippen LogP contribution >= 0.6 is 23.2 Å². The molecule has 0 aliphatic carbocycles. The van der Waals surface area contributed by atoms with Gasteiger partial charge in [0, 0.05) is 11.6 Å². The first-order valence-corrected chi connectivity index (χ1v) is 8.58. The summed E-state index contributed by atoms with van der Waals surface area (Å²) < 4.78 is 5.83. The van der Waals surface area contributed by atoms with E-state index in [1.807, 2.05) is 36.4 Å². The molecule has 1 N–H and O–H groups in total. The van der Waals surface area contributed by atoms with Gasteiger partial charge >= 0.3 is 0 Å². The fourth-order valence-corrected chi connectivity index (χ4v) is 2.89. The maximum Gasteiger partial charge on any atom is 0.259 e. The molecular formula is C20H12Cl2N2O2. The Morgan fingerprint density at radius 3 is 2.50 bits per heavy atom. The molecule has 1 heterocycles. The maximum absolute atomic E-state index is 12.3. The molecule has 1 aromatic heterocycles. The van der Waals surface area contributed by atoms with Crippen LogP contribution < -0.4 is 10.3 Å². The highest BCUT2D eigenvalue weighted by atomic mass is 35.5. The number of rotatable bonds is 3. The molecule has 0 aliphatic heterocycles. The van der Waals surface area contributed by atoms with E-state index >= 15 is 0 Å². The number of ether oxygens (including phenoxy) is 1. The number of aromatic amines is 1. The van der Waals surface area contributed by atoms with E-state index in [2.05, 4.69) is 9.97 Å². The van der Waals surface area contributed by atoms with Gasteiger partial charge in [-0.25, -0.2) is 4.98 Å². The van der Waals surface area contributed by atoms with Crippen molar-refractivity contribution in [1.29, 1.82) is 0 Å². The molecule has 0 saturated heterocycles. The SMILES string of the molecule is O=c1[nH]c(-c2cccc(Oc3ccc(Cl)c(Cl)c3)c2)nc2ccccc12. The summed E-state index contributed by atoms with van der Waals surface area (Å²) in [6, 6.07) is 19.6. The second kappa shape index (κ2) is 6.83. The Kier molecular flexibility index (Phi) is 4.37. The fraction of sp³-hybridized carbons (Fsp3) is 0. The van der Waals surface area contributed by atoms with Crippen molar-refractivity contribution in [2.24, 2.45) is 0 Å². The van der Waals surface area contributed by atoms with E-state index in [-0.39, 0.29) is 5.56 Å². The average Bonchev–Trinajstić information content (AvgIpc) is 2.65. The molecule has 6 heteroatoms. The molecule has 0 unspecified atom stereocenters. The van der Waals surface area contributed by atoms with Crippen molar-refractivity contribution in [2.75, 3.05) is 0 Å². The average molecular weight is 383 g/mol. The van der Waals surface area contributed by atoms with Crippen LogP contribution in [0, 0.1) is 0 Å². The van der Waals surface area contributed by atoms with Crippen LogP contribution in [0.2, 0.25) is 10.0 Å². The van der Waals surface area contributed by atoms with Gasteiger partial charge in [-0.2, -0.15) is 0 Å². The Balaban J connectivity index is 1.71. The molecule has 0 aliphatic rings. The van der Waals surface area contributed by atoms with Crippen molar-refractivity contribution < 1.29 is 4.74 Å². The largest absolute Gasteiger partial charge is 0.457 e. The minimum absolute atomic E-state index is 0.179. The van der Waals surface area contributed by atoms with Gasteiger partial charge in [-0.05, 0) is 36.4 Å². The summed E-state index contributed by atoms with van der Waals surface area (Å²) in [4.78, 5) is 19.6. The number of fused-ring (bicyclic) bond motifs is 1. The first kappa shape index (κ1) is 16.6. The van der Waals surface area contributed by atoms with Gasteiger partial charge in [-0.3, -0.25) is 4.79 Å². The zero-order valence-corrected chi connectivity index (χ0v) is 14.9. The van der Waals surface area contributed by atoms with Crippen molar-refractivity contribution in [3.63, 3.8) is 0 Å². The van der Waals surface area contributed by atoms with Gasteiger partial charge in [0.15, 0.2) is 0 Å². The topological polar surface area (TPSA) is 55.0 Å². The van der Waals surface area contributed by atoms with Gasteiger partial charge in [0.25, 0.3) is 5.56 Å². The second-order valence-corrected chi connectivity index (χ2v) is 6.45. The molecule has 0 bridgehead atoms. The van der Waals surface area contributed by atoms with Crippen LogP contribution in [0.1, 0.15) is 0 Å². The molecule has 3 aromatic carbocycles. The predicted molar refractivity (Wildman–Crippen MR) is 104 cm³/mol. The highest BCUT2D eigenvalue weighted by Gasteiger charge is 2.08. The number of aromatic nitrogens is 2. The smallest absolute Gasteiger partial charge is 0.259 e. The van der Waals surface area contributed by atoms with E-state index in [0.717, 1.165) is 5.56 Å². The van der Waals surface area contributed by atoms with Gasteiger partial charge in [0.1, 0.15) is 17.3 Å². The predicted octanol–water partition coefficient (Wildman–Crippen LogP) is 5.69. The minimum atomic E-state index is -0.179. The van der Waals surface area contributed by atoms with Crippen LogP contribution in [0.4, 0.5) is 0 Å². The van der Waals surface area contributed by atoms with Gasteiger partial charge in [0.05, 0.1) is 20.9 Å². The van der Waals surface area contributed by atoms with Gasteiger partial charge in [-0.1, -0.05) is 47.5 Å². The molecule has 0 saturated carbocycles. The number of nitrogens with zero attached hydrogens (tertiary/aromatic N) is 1. The Morgan fingerprint density at radius 1 is 0.846 bits per heavy atom. The number of benzene rings is 3. The number of halogens is 2. The normalized spacial score (nSPS) is 10.8. The Morgan fingerprint density at radius 2 is 1.65 bits per heavy atom. The Labute approximate surface area is 159 Å². The minimum Gasteiger partial charge on any atom is -0.457 e. The molecule has 0 fully saturated rings. The number of hydrogen-bond donors (Lipinski definition) is 1. The van der Waals surface area contributed by atoms with Crippen molar-refractivity contribution in [3.05, 3.63) is 87.1 Å².